The highest BCUT2D eigenvalue weighted by atomic mass is 35.5. The highest BCUT2D eigenvalue weighted by Crippen LogP contribution is 2.37. The highest BCUT2D eigenvalue weighted by Gasteiger charge is 2.29. The van der Waals surface area contributed by atoms with Crippen LogP contribution >= 0.6 is 34.8 Å². The largest absolute Gasteiger partial charge is 0.296 e. The van der Waals surface area contributed by atoms with Gasteiger partial charge in [-0.15, -0.1) is 0 Å². The molecule has 0 radical (unpaired) electrons. The molecule has 5 nitrogen and oxygen atoms in total. The number of hydrogen-bond acceptors (Lipinski definition) is 3. The molecule has 22 heavy (non-hydrogen) atoms. The molecule has 1 aromatic heterocycles. The van der Waals surface area contributed by atoms with Gasteiger partial charge in [-0.2, -0.15) is 10.4 Å². The number of carbonyl (C=O) groups excluding carboxylic acids is 1. The molecule has 0 spiro atoms. The second-order valence-corrected chi connectivity index (χ2v) is 5.91. The third-order valence-electron chi connectivity index (χ3n) is 3.44. The van der Waals surface area contributed by atoms with Crippen LogP contribution in [-0.4, -0.2) is 22.2 Å². The topological polar surface area (TPSA) is 61.9 Å². The van der Waals surface area contributed by atoms with Gasteiger partial charge in [0, 0.05) is 13.0 Å². The fourth-order valence-electron chi connectivity index (χ4n) is 2.41. The summed E-state index contributed by atoms with van der Waals surface area (Å²) in [5.74, 6) is 0.361. The maximum atomic E-state index is 12.0. The molecular formula is C14H9Cl3N4O. The minimum Gasteiger partial charge on any atom is -0.296 e. The van der Waals surface area contributed by atoms with E-state index in [-0.39, 0.29) is 16.0 Å². The van der Waals surface area contributed by atoms with Crippen LogP contribution in [0.15, 0.2) is 18.3 Å². The van der Waals surface area contributed by atoms with Gasteiger partial charge < -0.3 is 0 Å². The number of aromatic nitrogens is 2. The average molecular weight is 356 g/mol. The molecule has 8 heteroatoms. The lowest BCUT2D eigenvalue weighted by Crippen LogP contribution is -2.27. The van der Waals surface area contributed by atoms with E-state index in [1.807, 2.05) is 6.07 Å². The van der Waals surface area contributed by atoms with Crippen LogP contribution in [0.3, 0.4) is 0 Å². The fourth-order valence-corrected chi connectivity index (χ4v) is 3.02. The first-order valence-corrected chi connectivity index (χ1v) is 7.60. The molecular weight excluding hydrogens is 347 g/mol. The zero-order valence-corrected chi connectivity index (χ0v) is 13.5. The molecule has 3 rings (SSSR count). The van der Waals surface area contributed by atoms with E-state index in [0.717, 1.165) is 6.42 Å². The molecule has 2 heterocycles. The van der Waals surface area contributed by atoms with Crippen LogP contribution in [0.5, 0.6) is 0 Å². The van der Waals surface area contributed by atoms with Crippen molar-refractivity contribution >= 4 is 46.5 Å². The summed E-state index contributed by atoms with van der Waals surface area (Å²) in [6.45, 7) is 0.540. The first-order chi connectivity index (χ1) is 10.5. The Morgan fingerprint density at radius 3 is 2.64 bits per heavy atom. The first-order valence-electron chi connectivity index (χ1n) is 6.47. The third kappa shape index (κ3) is 2.34. The summed E-state index contributed by atoms with van der Waals surface area (Å²) >= 11 is 18.2. The van der Waals surface area contributed by atoms with E-state index in [1.54, 1.807) is 17.0 Å². The van der Waals surface area contributed by atoms with E-state index in [4.69, 9.17) is 34.8 Å². The molecule has 0 unspecified atom stereocenters. The van der Waals surface area contributed by atoms with Gasteiger partial charge in [-0.25, -0.2) is 4.68 Å². The molecule has 1 aliphatic rings. The highest BCUT2D eigenvalue weighted by molar-refractivity contribution is 6.48. The molecule has 1 amide bonds. The molecule has 2 aromatic rings. The zero-order chi connectivity index (χ0) is 15.9. The lowest BCUT2D eigenvalue weighted by Gasteiger charge is -2.18. The van der Waals surface area contributed by atoms with Gasteiger partial charge >= 0.3 is 0 Å². The maximum Gasteiger partial charge on any atom is 0.228 e. The van der Waals surface area contributed by atoms with Gasteiger partial charge in [-0.3, -0.25) is 9.69 Å². The number of halogens is 3. The molecule has 1 aromatic carbocycles. The van der Waals surface area contributed by atoms with E-state index in [1.165, 1.54) is 10.9 Å². The summed E-state index contributed by atoms with van der Waals surface area (Å²) < 4.78 is 1.45. The summed E-state index contributed by atoms with van der Waals surface area (Å²) in [7, 11) is 0. The van der Waals surface area contributed by atoms with Gasteiger partial charge in [-0.05, 0) is 18.6 Å². The zero-order valence-electron chi connectivity index (χ0n) is 11.2. The van der Waals surface area contributed by atoms with Crippen molar-refractivity contribution < 1.29 is 4.79 Å². The maximum absolute atomic E-state index is 12.0. The average Bonchev–Trinajstić information content (AvgIpc) is 3.10. The summed E-state index contributed by atoms with van der Waals surface area (Å²) in [6, 6.07) is 5.29. The van der Waals surface area contributed by atoms with Crippen LogP contribution in [-0.2, 0) is 4.79 Å². The first kappa shape index (κ1) is 15.2. The molecule has 0 aliphatic carbocycles. The molecule has 0 bridgehead atoms. The monoisotopic (exact) mass is 354 g/mol. The van der Waals surface area contributed by atoms with E-state index in [0.29, 0.717) is 35.1 Å². The smallest absolute Gasteiger partial charge is 0.228 e. The van der Waals surface area contributed by atoms with E-state index in [9.17, 15) is 10.1 Å². The molecule has 0 saturated carbocycles. The van der Waals surface area contributed by atoms with Crippen molar-refractivity contribution in [1.29, 1.82) is 5.26 Å². The van der Waals surface area contributed by atoms with Crippen molar-refractivity contribution in [2.24, 2.45) is 0 Å². The number of nitriles is 1. The standard InChI is InChI=1S/C14H9Cl3N4O/c15-9-3-4-10(13(17)12(9)16)21-14(8(6-18)7-19-21)20-5-1-2-11(20)22/h3-4,7H,1-2,5H2. The van der Waals surface area contributed by atoms with Crippen molar-refractivity contribution in [2.75, 3.05) is 11.4 Å². The van der Waals surface area contributed by atoms with Crippen molar-refractivity contribution in [1.82, 2.24) is 9.78 Å². The Balaban J connectivity index is 2.21. The van der Waals surface area contributed by atoms with Gasteiger partial charge in [0.2, 0.25) is 5.91 Å². The molecule has 1 fully saturated rings. The number of hydrogen-bond donors (Lipinski definition) is 0. The van der Waals surface area contributed by atoms with E-state index >= 15 is 0 Å². The van der Waals surface area contributed by atoms with Crippen LogP contribution < -0.4 is 4.90 Å². The van der Waals surface area contributed by atoms with Crippen LogP contribution in [0.2, 0.25) is 15.1 Å². The number of anilines is 1. The second kappa shape index (κ2) is 5.81. The van der Waals surface area contributed by atoms with Crippen molar-refractivity contribution in [3.8, 4) is 11.8 Å². The normalized spacial score (nSPS) is 14.5. The second-order valence-electron chi connectivity index (χ2n) is 4.75. The van der Waals surface area contributed by atoms with Crippen LogP contribution in [0.1, 0.15) is 18.4 Å². The number of carbonyl (C=O) groups is 1. The quantitative estimate of drug-likeness (QED) is 0.769. The number of benzene rings is 1. The predicted octanol–water partition coefficient (Wildman–Crippen LogP) is 3.83. The molecule has 1 saturated heterocycles. The summed E-state index contributed by atoms with van der Waals surface area (Å²) in [6.07, 6.45) is 2.59. The minimum atomic E-state index is -0.0468. The van der Waals surface area contributed by atoms with Crippen molar-refractivity contribution in [3.63, 3.8) is 0 Å². The van der Waals surface area contributed by atoms with Gasteiger partial charge in [0.25, 0.3) is 0 Å². The predicted molar refractivity (Wildman–Crippen MR) is 84.9 cm³/mol. The molecule has 0 N–H and O–H groups in total. The van der Waals surface area contributed by atoms with E-state index in [2.05, 4.69) is 5.10 Å². The van der Waals surface area contributed by atoms with Crippen LogP contribution in [0.25, 0.3) is 5.69 Å². The lowest BCUT2D eigenvalue weighted by atomic mass is 10.3. The summed E-state index contributed by atoms with van der Waals surface area (Å²) in [5, 5.41) is 14.2. The van der Waals surface area contributed by atoms with Gasteiger partial charge in [0.1, 0.15) is 11.6 Å². The van der Waals surface area contributed by atoms with Gasteiger partial charge in [-0.1, -0.05) is 34.8 Å². The fraction of sp³-hybridized carbons (Fsp3) is 0.214. The van der Waals surface area contributed by atoms with Crippen molar-refractivity contribution in [3.05, 3.63) is 39.0 Å². The third-order valence-corrected chi connectivity index (χ3v) is 4.72. The van der Waals surface area contributed by atoms with Crippen molar-refractivity contribution in [2.45, 2.75) is 12.8 Å². The number of amides is 1. The molecule has 0 atom stereocenters. The molecule has 112 valence electrons. The lowest BCUT2D eigenvalue weighted by molar-refractivity contribution is -0.117. The molecule has 1 aliphatic heterocycles. The number of nitrogens with zero attached hydrogens (tertiary/aromatic N) is 4. The van der Waals surface area contributed by atoms with E-state index < -0.39 is 0 Å². The Bertz CT molecular complexity index is 809. The Morgan fingerprint density at radius 1 is 1.23 bits per heavy atom. The SMILES string of the molecule is N#Cc1cnn(-c2ccc(Cl)c(Cl)c2Cl)c1N1CCCC1=O. The number of rotatable bonds is 2. The van der Waals surface area contributed by atoms with Crippen LogP contribution in [0, 0.1) is 11.3 Å². The summed E-state index contributed by atoms with van der Waals surface area (Å²) in [5.41, 5.74) is 0.768. The van der Waals surface area contributed by atoms with Crippen LogP contribution in [0.4, 0.5) is 5.82 Å². The Labute approximate surface area is 141 Å². The minimum absolute atomic E-state index is 0.0468. The summed E-state index contributed by atoms with van der Waals surface area (Å²) in [4.78, 5) is 13.6. The Morgan fingerprint density at radius 2 is 2.00 bits per heavy atom. The van der Waals surface area contributed by atoms with Gasteiger partial charge in [0.05, 0.1) is 27.0 Å². The Kier molecular flexibility index (Phi) is 4.00. The Hall–Kier alpha value is -1.74. The van der Waals surface area contributed by atoms with Gasteiger partial charge in [0.15, 0.2) is 5.82 Å².